The molecule has 5 aromatic rings. The molecule has 1 fully saturated rings. The van der Waals surface area contributed by atoms with E-state index in [0.717, 1.165) is 50.5 Å². The first-order chi connectivity index (χ1) is 19.6. The summed E-state index contributed by atoms with van der Waals surface area (Å²) < 4.78 is 3.40. The first-order valence-corrected chi connectivity index (χ1v) is 14.9. The molecule has 6 heteroatoms. The van der Waals surface area contributed by atoms with Gasteiger partial charge in [-0.15, -0.1) is 0 Å². The van der Waals surface area contributed by atoms with Crippen molar-refractivity contribution in [3.05, 3.63) is 141 Å². The highest BCUT2D eigenvalue weighted by atomic mass is 79.9. The van der Waals surface area contributed by atoms with Gasteiger partial charge in [-0.1, -0.05) is 94.8 Å². The van der Waals surface area contributed by atoms with E-state index < -0.39 is 0 Å². The quantitative estimate of drug-likeness (QED) is 0.174. The number of nitrogens with zero attached hydrogens (tertiary/aromatic N) is 3. The monoisotopic (exact) mass is 605 g/mol. The Labute approximate surface area is 247 Å². The van der Waals surface area contributed by atoms with Gasteiger partial charge in [-0.2, -0.15) is 0 Å². The second kappa shape index (κ2) is 11.7. The van der Waals surface area contributed by atoms with Crippen molar-refractivity contribution in [3.8, 4) is 0 Å². The van der Waals surface area contributed by atoms with E-state index in [4.69, 9.17) is 4.99 Å². The third-order valence-corrected chi connectivity index (χ3v) is 8.68. The van der Waals surface area contributed by atoms with Crippen molar-refractivity contribution < 1.29 is 4.79 Å². The molecule has 0 bridgehead atoms. The normalized spacial score (nSPS) is 15.6. The second-order valence-corrected chi connectivity index (χ2v) is 11.7. The lowest BCUT2D eigenvalue weighted by Crippen LogP contribution is -2.31. The Morgan fingerprint density at radius 1 is 0.825 bits per heavy atom. The van der Waals surface area contributed by atoms with Gasteiger partial charge in [-0.3, -0.25) is 9.69 Å². The fourth-order valence-electron chi connectivity index (χ4n) is 5.03. The fraction of sp³-hybridized carbons (Fsp3) is 0.118. The van der Waals surface area contributed by atoms with E-state index in [0.29, 0.717) is 11.4 Å². The third kappa shape index (κ3) is 5.55. The minimum absolute atomic E-state index is 0.000229. The number of hydrogen-bond acceptors (Lipinski definition) is 3. The van der Waals surface area contributed by atoms with Crippen LogP contribution in [0.25, 0.3) is 17.0 Å². The maximum absolute atomic E-state index is 13.9. The van der Waals surface area contributed by atoms with Gasteiger partial charge in [0.1, 0.15) is 0 Å². The molecule has 0 spiro atoms. The van der Waals surface area contributed by atoms with E-state index >= 15 is 0 Å². The van der Waals surface area contributed by atoms with Gasteiger partial charge >= 0.3 is 0 Å². The van der Waals surface area contributed by atoms with Crippen LogP contribution in [0.1, 0.15) is 22.4 Å². The van der Waals surface area contributed by atoms with E-state index in [9.17, 15) is 4.79 Å². The van der Waals surface area contributed by atoms with Crippen molar-refractivity contribution >= 4 is 61.4 Å². The second-order valence-electron chi connectivity index (χ2n) is 9.76. The van der Waals surface area contributed by atoms with Crippen LogP contribution in [0, 0.1) is 6.92 Å². The van der Waals surface area contributed by atoms with Crippen molar-refractivity contribution in [2.45, 2.75) is 19.9 Å². The van der Waals surface area contributed by atoms with Crippen LogP contribution in [0.2, 0.25) is 0 Å². The third-order valence-electron chi connectivity index (χ3n) is 7.14. The molecule has 0 radical (unpaired) electrons. The highest BCUT2D eigenvalue weighted by Crippen LogP contribution is 2.37. The van der Waals surface area contributed by atoms with Gasteiger partial charge in [0.05, 0.1) is 10.6 Å². The van der Waals surface area contributed by atoms with Gasteiger partial charge in [-0.05, 0) is 72.6 Å². The Balaban J connectivity index is 1.38. The maximum Gasteiger partial charge on any atom is 0.266 e. The molecule has 0 saturated carbocycles. The fourth-order valence-corrected chi connectivity index (χ4v) is 6.31. The van der Waals surface area contributed by atoms with E-state index in [1.165, 1.54) is 22.9 Å². The van der Waals surface area contributed by atoms with E-state index in [1.54, 1.807) is 0 Å². The van der Waals surface area contributed by atoms with E-state index in [2.05, 4.69) is 94.2 Å². The molecule has 1 aromatic heterocycles. The van der Waals surface area contributed by atoms with Crippen LogP contribution in [-0.2, 0) is 17.8 Å². The largest absolute Gasteiger partial charge is 0.340 e. The number of carbonyl (C=O) groups is 1. The number of halogens is 1. The molecule has 0 unspecified atom stereocenters. The molecule has 1 aliphatic rings. The number of hydrogen-bond donors (Lipinski definition) is 0. The van der Waals surface area contributed by atoms with Gasteiger partial charge < -0.3 is 4.57 Å². The lowest BCUT2D eigenvalue weighted by molar-refractivity contribution is -0.122. The summed E-state index contributed by atoms with van der Waals surface area (Å²) in [6.45, 7) is 3.47. The zero-order valence-corrected chi connectivity index (χ0v) is 24.5. The number of thioether (sulfide) groups is 1. The number of amidine groups is 1. The van der Waals surface area contributed by atoms with Gasteiger partial charge in [-0.25, -0.2) is 4.99 Å². The van der Waals surface area contributed by atoms with Crippen LogP contribution in [-0.4, -0.2) is 27.1 Å². The molecule has 1 saturated heterocycles. The zero-order chi connectivity index (χ0) is 27.5. The van der Waals surface area contributed by atoms with Gasteiger partial charge in [0.15, 0.2) is 5.17 Å². The SMILES string of the molecule is Cc1c(/C=C2/SC(=Nc3ccccc3)N(CCc3ccccc3)C2=O)c2ccccc2n1Cc1ccc(Br)cc1. The molecule has 1 amide bonds. The summed E-state index contributed by atoms with van der Waals surface area (Å²) in [4.78, 5) is 21.3. The van der Waals surface area contributed by atoms with Crippen molar-refractivity contribution in [3.63, 3.8) is 0 Å². The van der Waals surface area contributed by atoms with E-state index in [-0.39, 0.29) is 5.91 Å². The van der Waals surface area contributed by atoms with Gasteiger partial charge in [0, 0.05) is 39.7 Å². The average molecular weight is 607 g/mol. The highest BCUT2D eigenvalue weighted by Gasteiger charge is 2.33. The lowest BCUT2D eigenvalue weighted by atomic mass is 10.1. The van der Waals surface area contributed by atoms with Gasteiger partial charge in [0.25, 0.3) is 5.91 Å². The Morgan fingerprint density at radius 2 is 1.50 bits per heavy atom. The molecule has 198 valence electrons. The molecule has 2 heterocycles. The number of benzene rings is 4. The molecule has 4 aromatic carbocycles. The standard InChI is InChI=1S/C34H28BrN3OS/c1-24-30(29-14-8-9-15-31(29)38(24)23-26-16-18-27(35)19-17-26)22-32-33(39)37(21-20-25-10-4-2-5-11-25)34(40-32)36-28-12-6-3-7-13-28/h2-19,22H,20-21,23H2,1H3/b32-22+,36-34?. The van der Waals surface area contributed by atoms with Crippen molar-refractivity contribution in [2.75, 3.05) is 6.54 Å². The van der Waals surface area contributed by atoms with Crippen LogP contribution in [0.5, 0.6) is 0 Å². The number of carbonyl (C=O) groups excluding carboxylic acids is 1. The predicted octanol–water partition coefficient (Wildman–Crippen LogP) is 8.61. The smallest absolute Gasteiger partial charge is 0.266 e. The minimum Gasteiger partial charge on any atom is -0.340 e. The zero-order valence-electron chi connectivity index (χ0n) is 22.1. The average Bonchev–Trinajstić information content (AvgIpc) is 3.42. The first-order valence-electron chi connectivity index (χ1n) is 13.3. The lowest BCUT2D eigenvalue weighted by Gasteiger charge is -2.15. The topological polar surface area (TPSA) is 37.6 Å². The number of fused-ring (bicyclic) bond motifs is 1. The van der Waals surface area contributed by atoms with Crippen molar-refractivity contribution in [1.29, 1.82) is 0 Å². The molecule has 1 aliphatic heterocycles. The predicted molar refractivity (Wildman–Crippen MR) is 171 cm³/mol. The molecular weight excluding hydrogens is 578 g/mol. The summed E-state index contributed by atoms with van der Waals surface area (Å²) in [5, 5.41) is 1.86. The van der Waals surface area contributed by atoms with Crippen LogP contribution < -0.4 is 0 Å². The molecule has 0 N–H and O–H groups in total. The molecule has 0 atom stereocenters. The van der Waals surface area contributed by atoms with E-state index in [1.807, 2.05) is 53.4 Å². The molecule has 40 heavy (non-hydrogen) atoms. The van der Waals surface area contributed by atoms with Crippen LogP contribution in [0.3, 0.4) is 0 Å². The van der Waals surface area contributed by atoms with Crippen LogP contribution >= 0.6 is 27.7 Å². The Bertz CT molecular complexity index is 1720. The number of para-hydroxylation sites is 2. The Kier molecular flexibility index (Phi) is 7.71. The summed E-state index contributed by atoms with van der Waals surface area (Å²) in [7, 11) is 0. The maximum atomic E-state index is 13.9. The van der Waals surface area contributed by atoms with Crippen molar-refractivity contribution in [1.82, 2.24) is 9.47 Å². The summed E-state index contributed by atoms with van der Waals surface area (Å²) in [6, 6.07) is 37.0. The Morgan fingerprint density at radius 3 is 2.25 bits per heavy atom. The van der Waals surface area contributed by atoms with Gasteiger partial charge in [0.2, 0.25) is 0 Å². The van der Waals surface area contributed by atoms with Crippen LogP contribution in [0.15, 0.2) is 124 Å². The van der Waals surface area contributed by atoms with Crippen molar-refractivity contribution in [2.24, 2.45) is 4.99 Å². The summed E-state index contributed by atoms with van der Waals surface area (Å²) >= 11 is 4.99. The Hall–Kier alpha value is -3.87. The number of aromatic nitrogens is 1. The minimum atomic E-state index is -0.000229. The summed E-state index contributed by atoms with van der Waals surface area (Å²) in [5.41, 5.74) is 6.63. The number of aliphatic imine (C=N–C) groups is 1. The van der Waals surface area contributed by atoms with Crippen LogP contribution in [0.4, 0.5) is 5.69 Å². The molecule has 0 aliphatic carbocycles. The molecular formula is C34H28BrN3OS. The summed E-state index contributed by atoms with van der Waals surface area (Å²) in [5.74, 6) is -0.000229. The molecule has 4 nitrogen and oxygen atoms in total. The number of amides is 1. The molecule has 6 rings (SSSR count). The number of rotatable bonds is 7. The first kappa shape index (κ1) is 26.4. The summed E-state index contributed by atoms with van der Waals surface area (Å²) in [6.07, 6.45) is 2.82. The highest BCUT2D eigenvalue weighted by molar-refractivity contribution is 9.10.